The van der Waals surface area contributed by atoms with Crippen LogP contribution in [0.5, 0.6) is 0 Å². The van der Waals surface area contributed by atoms with Gasteiger partial charge in [-0.3, -0.25) is 0 Å². The summed E-state index contributed by atoms with van der Waals surface area (Å²) in [4.78, 5) is 10.8. The molecule has 18 heavy (non-hydrogen) atoms. The molecule has 0 fully saturated rings. The van der Waals surface area contributed by atoms with E-state index in [1.165, 1.54) is 18.2 Å². The van der Waals surface area contributed by atoms with Crippen molar-refractivity contribution in [2.24, 2.45) is 0 Å². The number of carbonyl (C=O) groups is 1. The second-order valence-corrected chi connectivity index (χ2v) is 6.44. The van der Waals surface area contributed by atoms with Crippen LogP contribution in [0.25, 0.3) is 0 Å². The fraction of sp³-hybridized carbons (Fsp3) is 0.364. The van der Waals surface area contributed by atoms with Gasteiger partial charge in [-0.25, -0.2) is 17.9 Å². The van der Waals surface area contributed by atoms with Crippen molar-refractivity contribution < 1.29 is 18.3 Å². The lowest BCUT2D eigenvalue weighted by atomic mass is 10.1. The minimum Gasteiger partial charge on any atom is -0.478 e. The molecule has 0 saturated carbocycles. The van der Waals surface area contributed by atoms with Crippen molar-refractivity contribution in [2.75, 3.05) is 18.6 Å². The van der Waals surface area contributed by atoms with Crippen LogP contribution in [0, 0.1) is 0 Å². The number of aromatic carboxylic acids is 1. The smallest absolute Gasteiger partial charge is 0.335 e. The quantitative estimate of drug-likeness (QED) is 0.736. The van der Waals surface area contributed by atoms with Crippen LogP contribution < -0.4 is 4.72 Å². The van der Waals surface area contributed by atoms with Crippen molar-refractivity contribution >= 4 is 27.8 Å². The van der Waals surface area contributed by atoms with Gasteiger partial charge in [-0.05, 0) is 24.0 Å². The monoisotopic (exact) mass is 289 g/mol. The van der Waals surface area contributed by atoms with Crippen LogP contribution in [0.15, 0.2) is 24.3 Å². The van der Waals surface area contributed by atoms with Gasteiger partial charge in [0.1, 0.15) is 0 Å². The van der Waals surface area contributed by atoms with E-state index in [2.05, 4.69) is 4.72 Å². The molecule has 0 heterocycles. The van der Waals surface area contributed by atoms with Gasteiger partial charge in [-0.1, -0.05) is 12.1 Å². The van der Waals surface area contributed by atoms with E-state index in [0.29, 0.717) is 17.9 Å². The van der Waals surface area contributed by atoms with Crippen LogP contribution in [0.2, 0.25) is 0 Å². The van der Waals surface area contributed by atoms with Crippen molar-refractivity contribution in [2.45, 2.75) is 5.75 Å². The van der Waals surface area contributed by atoms with E-state index >= 15 is 0 Å². The van der Waals surface area contributed by atoms with Gasteiger partial charge in [0.2, 0.25) is 10.0 Å². The number of carboxylic acid groups (broad SMARTS) is 1. The zero-order chi connectivity index (χ0) is 13.6. The van der Waals surface area contributed by atoms with Crippen LogP contribution in [-0.2, 0) is 15.8 Å². The molecular weight excluding hydrogens is 274 g/mol. The van der Waals surface area contributed by atoms with Crippen LogP contribution >= 0.6 is 11.8 Å². The summed E-state index contributed by atoms with van der Waals surface area (Å²) in [6.07, 6.45) is 1.89. The second kappa shape index (κ2) is 6.77. The predicted molar refractivity (Wildman–Crippen MR) is 72.4 cm³/mol. The van der Waals surface area contributed by atoms with Crippen molar-refractivity contribution in [3.63, 3.8) is 0 Å². The lowest BCUT2D eigenvalue weighted by Crippen LogP contribution is -2.27. The third-order valence-electron chi connectivity index (χ3n) is 2.16. The molecule has 0 amide bonds. The Kier molecular flexibility index (Phi) is 5.64. The molecular formula is C11H15NO4S2. The Hall–Kier alpha value is -1.05. The second-order valence-electron chi connectivity index (χ2n) is 3.65. The fourth-order valence-corrected chi connectivity index (χ4v) is 2.93. The largest absolute Gasteiger partial charge is 0.478 e. The van der Waals surface area contributed by atoms with Crippen LogP contribution in [0.4, 0.5) is 0 Å². The average Bonchev–Trinajstić information content (AvgIpc) is 2.28. The number of carboxylic acids is 1. The summed E-state index contributed by atoms with van der Waals surface area (Å²) >= 11 is 1.55. The molecule has 5 nitrogen and oxygen atoms in total. The lowest BCUT2D eigenvalue weighted by molar-refractivity contribution is 0.0696. The molecule has 7 heteroatoms. The first-order valence-corrected chi connectivity index (χ1v) is 8.28. The molecule has 0 aliphatic carbocycles. The number of nitrogens with one attached hydrogen (secondary N) is 1. The Labute approximate surface area is 111 Å². The molecule has 0 unspecified atom stereocenters. The first kappa shape index (κ1) is 15.0. The summed E-state index contributed by atoms with van der Waals surface area (Å²) in [6, 6.07) is 5.94. The van der Waals surface area contributed by atoms with Gasteiger partial charge in [-0.2, -0.15) is 11.8 Å². The third-order valence-corrected chi connectivity index (χ3v) is 4.13. The maximum absolute atomic E-state index is 11.7. The van der Waals surface area contributed by atoms with Crippen molar-refractivity contribution in [1.82, 2.24) is 4.72 Å². The highest BCUT2D eigenvalue weighted by molar-refractivity contribution is 7.98. The summed E-state index contributed by atoms with van der Waals surface area (Å²) in [5.41, 5.74) is 0.554. The maximum Gasteiger partial charge on any atom is 0.335 e. The number of hydrogen-bond acceptors (Lipinski definition) is 4. The summed E-state index contributed by atoms with van der Waals surface area (Å²) in [5, 5.41) is 8.81. The number of benzene rings is 1. The Morgan fingerprint density at radius 2 is 2.17 bits per heavy atom. The molecule has 0 aliphatic rings. The molecule has 2 N–H and O–H groups in total. The van der Waals surface area contributed by atoms with Crippen molar-refractivity contribution in [1.29, 1.82) is 0 Å². The maximum atomic E-state index is 11.7. The highest BCUT2D eigenvalue weighted by atomic mass is 32.2. The summed E-state index contributed by atoms with van der Waals surface area (Å²) in [6.45, 7) is 0.377. The highest BCUT2D eigenvalue weighted by Gasteiger charge is 2.12. The molecule has 0 radical (unpaired) electrons. The van der Waals surface area contributed by atoms with Crippen molar-refractivity contribution in [3.8, 4) is 0 Å². The molecule has 1 aromatic rings. The van der Waals surface area contributed by atoms with Gasteiger partial charge >= 0.3 is 5.97 Å². The van der Waals surface area contributed by atoms with E-state index < -0.39 is 16.0 Å². The number of thioether (sulfide) groups is 1. The van der Waals surface area contributed by atoms with E-state index in [1.807, 2.05) is 6.26 Å². The minimum atomic E-state index is -3.41. The van der Waals surface area contributed by atoms with Crippen LogP contribution in [-0.4, -0.2) is 38.0 Å². The zero-order valence-corrected chi connectivity index (χ0v) is 11.6. The van der Waals surface area contributed by atoms with Gasteiger partial charge < -0.3 is 5.11 Å². The van der Waals surface area contributed by atoms with E-state index in [-0.39, 0.29) is 11.3 Å². The van der Waals surface area contributed by atoms with Gasteiger partial charge in [-0.15, -0.1) is 0 Å². The fourth-order valence-electron chi connectivity index (χ4n) is 1.36. The standard InChI is InChI=1S/C11H15NO4S2/c1-17-6-5-12-18(15,16)8-9-3-2-4-10(7-9)11(13)14/h2-4,7,12H,5-6,8H2,1H3,(H,13,14). The van der Waals surface area contributed by atoms with Crippen LogP contribution in [0.1, 0.15) is 15.9 Å². The molecule has 0 aliphatic heterocycles. The first-order chi connectivity index (χ1) is 8.44. The number of sulfonamides is 1. The van der Waals surface area contributed by atoms with E-state index in [0.717, 1.165) is 0 Å². The molecule has 0 spiro atoms. The number of rotatable bonds is 7. The van der Waals surface area contributed by atoms with Gasteiger partial charge in [0, 0.05) is 12.3 Å². The Bertz CT molecular complexity index is 514. The normalized spacial score (nSPS) is 11.4. The van der Waals surface area contributed by atoms with Gasteiger partial charge in [0.25, 0.3) is 0 Å². The zero-order valence-electron chi connectivity index (χ0n) is 9.92. The summed E-state index contributed by atoms with van der Waals surface area (Å²) < 4.78 is 25.8. The van der Waals surface area contributed by atoms with Crippen LogP contribution in [0.3, 0.4) is 0 Å². The average molecular weight is 289 g/mol. The van der Waals surface area contributed by atoms with Crippen molar-refractivity contribution in [3.05, 3.63) is 35.4 Å². The Morgan fingerprint density at radius 1 is 1.44 bits per heavy atom. The molecule has 0 aromatic heterocycles. The molecule has 0 atom stereocenters. The molecule has 1 aromatic carbocycles. The van der Waals surface area contributed by atoms with E-state index in [9.17, 15) is 13.2 Å². The Morgan fingerprint density at radius 3 is 2.78 bits per heavy atom. The van der Waals surface area contributed by atoms with Gasteiger partial charge in [0.05, 0.1) is 11.3 Å². The van der Waals surface area contributed by atoms with E-state index in [1.54, 1.807) is 17.8 Å². The SMILES string of the molecule is CSCCNS(=O)(=O)Cc1cccc(C(=O)O)c1. The molecule has 100 valence electrons. The molecule has 0 saturated heterocycles. The minimum absolute atomic E-state index is 0.0896. The van der Waals surface area contributed by atoms with E-state index in [4.69, 9.17) is 5.11 Å². The predicted octanol–water partition coefficient (Wildman–Crippen LogP) is 1.17. The summed E-state index contributed by atoms with van der Waals surface area (Å²) in [5.74, 6) is -0.568. The Balaban J connectivity index is 2.72. The third kappa shape index (κ3) is 5.07. The lowest BCUT2D eigenvalue weighted by Gasteiger charge is -2.06. The topological polar surface area (TPSA) is 83.5 Å². The summed E-state index contributed by atoms with van der Waals surface area (Å²) in [7, 11) is -3.41. The molecule has 1 rings (SSSR count). The number of hydrogen-bond donors (Lipinski definition) is 2. The van der Waals surface area contributed by atoms with Gasteiger partial charge in [0.15, 0.2) is 0 Å². The molecule has 0 bridgehead atoms. The highest BCUT2D eigenvalue weighted by Crippen LogP contribution is 2.08. The first-order valence-electron chi connectivity index (χ1n) is 5.23.